The van der Waals surface area contributed by atoms with E-state index < -0.39 is 73.9 Å². The first-order valence-electron chi connectivity index (χ1n) is 30.1. The van der Waals surface area contributed by atoms with Gasteiger partial charge in [0.05, 0.1) is 13.0 Å². The Morgan fingerprint density at radius 1 is 0.398 bits per heavy atom. The molecule has 3 N–H and O–H groups in total. The minimum Gasteiger partial charge on any atom is -0.479 e. The van der Waals surface area contributed by atoms with Gasteiger partial charge in [0.25, 0.3) is 0 Å². The highest BCUT2D eigenvalue weighted by Gasteiger charge is 2.50. The van der Waals surface area contributed by atoms with Crippen molar-refractivity contribution in [2.24, 2.45) is 0 Å². The smallest absolute Gasteiger partial charge is 0.335 e. The summed E-state index contributed by atoms with van der Waals surface area (Å²) in [5.74, 6) is -3.56. The van der Waals surface area contributed by atoms with E-state index in [0.717, 1.165) is 89.9 Å². The van der Waals surface area contributed by atoms with Gasteiger partial charge in [0, 0.05) is 12.8 Å². The summed E-state index contributed by atoms with van der Waals surface area (Å²) in [4.78, 5) is 51.1. The lowest BCUT2D eigenvalue weighted by Gasteiger charge is -2.40. The predicted octanol–water partition coefficient (Wildman–Crippen LogP) is 16.0. The molecule has 0 bridgehead atoms. The van der Waals surface area contributed by atoms with Crippen molar-refractivity contribution in [3.05, 3.63) is 207 Å². The zero-order valence-electron chi connectivity index (χ0n) is 50.1. The second-order valence-electron chi connectivity index (χ2n) is 19.1. The Morgan fingerprint density at radius 3 is 1.05 bits per heavy atom. The minimum absolute atomic E-state index is 0.00272. The van der Waals surface area contributed by atoms with Gasteiger partial charge >= 0.3 is 23.9 Å². The zero-order valence-corrected chi connectivity index (χ0v) is 50.1. The van der Waals surface area contributed by atoms with Crippen molar-refractivity contribution < 1.29 is 58.2 Å². The van der Waals surface area contributed by atoms with Gasteiger partial charge < -0.3 is 39.0 Å². The van der Waals surface area contributed by atoms with E-state index in [1.54, 1.807) is 12.2 Å². The first-order chi connectivity index (χ1) is 40.6. The summed E-state index contributed by atoms with van der Waals surface area (Å²) >= 11 is 0. The Kier molecular flexibility index (Phi) is 50.0. The van der Waals surface area contributed by atoms with Gasteiger partial charge in [-0.2, -0.15) is 0 Å². The Labute approximate surface area is 498 Å². The molecule has 0 aliphatic carbocycles. The van der Waals surface area contributed by atoms with E-state index in [1.807, 2.05) is 42.5 Å². The number of esters is 3. The first-order valence-corrected chi connectivity index (χ1v) is 30.1. The third-order valence-electron chi connectivity index (χ3n) is 11.9. The van der Waals surface area contributed by atoms with Crippen LogP contribution in [0.3, 0.4) is 0 Å². The Balaban J connectivity index is 2.85. The molecule has 1 heterocycles. The van der Waals surface area contributed by atoms with Crippen LogP contribution < -0.4 is 0 Å². The molecule has 0 saturated carbocycles. The molecule has 1 rings (SSSR count). The fraction of sp³-hybridized carbons (Fsp3) is 0.465. The monoisotopic (exact) mass is 1140 g/mol. The van der Waals surface area contributed by atoms with Crippen molar-refractivity contribution >= 4 is 23.9 Å². The summed E-state index contributed by atoms with van der Waals surface area (Å²) in [6.45, 7) is 5.45. The SMILES string of the molecule is CC/C=C\C/C=C\C/C=C\C/C=C\C/C=C\C/C=C\CCC(=O)OCC(COC1OC(C(=O)O)C(O)C(O)C1OC(=O)C/C=C\C/C=C\C/C=C\C/C=C\C/C=C\CC)OC(=O)CC/C=C\C/C=C\C/C=C\C/C=C\C/C=C\C/C=C\CC. The third kappa shape index (κ3) is 45.5. The summed E-state index contributed by atoms with van der Waals surface area (Å²) < 4.78 is 28.1. The molecular formula is C71H100O12. The van der Waals surface area contributed by atoms with Gasteiger partial charge in [0.2, 0.25) is 0 Å². The Morgan fingerprint density at radius 2 is 0.711 bits per heavy atom. The van der Waals surface area contributed by atoms with E-state index in [4.69, 9.17) is 23.7 Å². The molecule has 456 valence electrons. The normalized spacial score (nSPS) is 19.1. The van der Waals surface area contributed by atoms with E-state index in [1.165, 1.54) is 0 Å². The highest BCUT2D eigenvalue weighted by Crippen LogP contribution is 2.26. The number of aliphatic carboxylic acids is 1. The number of aliphatic hydroxyl groups is 2. The second kappa shape index (κ2) is 55.8. The van der Waals surface area contributed by atoms with E-state index in [2.05, 4.69) is 173 Å². The fourth-order valence-electron chi connectivity index (χ4n) is 7.43. The van der Waals surface area contributed by atoms with Crippen molar-refractivity contribution in [3.63, 3.8) is 0 Å². The van der Waals surface area contributed by atoms with Crippen LogP contribution in [0, 0.1) is 0 Å². The highest BCUT2D eigenvalue weighted by molar-refractivity contribution is 5.74. The molecule has 0 spiro atoms. The molecular weight excluding hydrogens is 1040 g/mol. The van der Waals surface area contributed by atoms with Gasteiger partial charge in [-0.25, -0.2) is 4.79 Å². The largest absolute Gasteiger partial charge is 0.479 e. The molecule has 12 nitrogen and oxygen atoms in total. The number of carboxylic acids is 1. The van der Waals surface area contributed by atoms with Crippen LogP contribution in [0.5, 0.6) is 0 Å². The number of ether oxygens (including phenoxy) is 5. The molecule has 6 unspecified atom stereocenters. The molecule has 1 aliphatic rings. The molecule has 1 aliphatic heterocycles. The highest BCUT2D eigenvalue weighted by atomic mass is 16.7. The van der Waals surface area contributed by atoms with Crippen molar-refractivity contribution in [2.45, 2.75) is 199 Å². The van der Waals surface area contributed by atoms with Crippen molar-refractivity contribution in [2.75, 3.05) is 13.2 Å². The lowest BCUT2D eigenvalue weighted by atomic mass is 9.98. The van der Waals surface area contributed by atoms with Crippen molar-refractivity contribution in [1.82, 2.24) is 0 Å². The molecule has 0 aromatic rings. The van der Waals surface area contributed by atoms with Crippen LogP contribution in [0.4, 0.5) is 0 Å². The predicted molar refractivity (Wildman–Crippen MR) is 339 cm³/mol. The molecule has 0 radical (unpaired) electrons. The molecule has 0 aromatic heterocycles. The first kappa shape index (κ1) is 74.3. The van der Waals surface area contributed by atoms with E-state index >= 15 is 0 Å². The van der Waals surface area contributed by atoms with E-state index in [9.17, 15) is 34.5 Å². The van der Waals surface area contributed by atoms with Gasteiger partial charge in [0.1, 0.15) is 18.8 Å². The summed E-state index contributed by atoms with van der Waals surface area (Å²) in [5.41, 5.74) is 0. The molecule has 1 saturated heterocycles. The van der Waals surface area contributed by atoms with Crippen LogP contribution in [-0.2, 0) is 42.9 Å². The van der Waals surface area contributed by atoms with Crippen molar-refractivity contribution in [1.29, 1.82) is 0 Å². The Hall–Kier alpha value is -6.70. The summed E-state index contributed by atoms with van der Waals surface area (Å²) in [7, 11) is 0. The molecule has 0 amide bonds. The Bertz CT molecular complexity index is 2240. The minimum atomic E-state index is -1.97. The lowest BCUT2D eigenvalue weighted by Crippen LogP contribution is -2.61. The maximum Gasteiger partial charge on any atom is 0.335 e. The lowest BCUT2D eigenvalue weighted by molar-refractivity contribution is -0.301. The molecule has 0 aromatic carbocycles. The van der Waals surface area contributed by atoms with E-state index in [0.29, 0.717) is 32.1 Å². The maximum atomic E-state index is 13.1. The van der Waals surface area contributed by atoms with Gasteiger partial charge in [-0.05, 0) is 122 Å². The number of carbonyl (C=O) groups excluding carboxylic acids is 3. The average Bonchev–Trinajstić information content (AvgIpc) is 3.58. The van der Waals surface area contributed by atoms with Gasteiger partial charge in [-0.3, -0.25) is 14.4 Å². The number of hydrogen-bond donors (Lipinski definition) is 3. The van der Waals surface area contributed by atoms with Crippen LogP contribution in [0.2, 0.25) is 0 Å². The number of allylic oxidation sites excluding steroid dienone is 33. The number of hydrogen-bond acceptors (Lipinski definition) is 11. The molecule has 1 fully saturated rings. The standard InChI is InChI=1S/C71H100O12/c1-4-7-10-13-16-19-22-25-28-30-32-34-37-39-42-45-48-51-54-57-63(72)79-60-62(81-64(73)58-55-52-49-46-43-41-38-35-33-31-29-26-23-20-17-14-11-8-5-2)61-80-71-69(67(76)66(75)68(83-71)70(77)78)82-65(74)59-56-53-50-47-44-40-36-27-24-21-18-15-12-9-6-3/h7-12,16-21,25-29,32-36,39,41-44,47-49,51-53,56,62,66-69,71,75-76H,4-6,13-15,22-24,30-31,37-38,40,45-46,50,54-55,57-61H2,1-3H3,(H,77,78)/b10-7-,11-8-,12-9-,19-16-,20-17-,21-18-,28-25-,29-26-,34-32-,35-33-,36-27-,42-39-,43-41-,47-44-,51-48-,52-49-,56-53-. The van der Waals surface area contributed by atoms with E-state index in [-0.39, 0.29) is 19.3 Å². The summed E-state index contributed by atoms with van der Waals surface area (Å²) in [6.07, 6.45) is 75.6. The van der Waals surface area contributed by atoms with Crippen LogP contribution >= 0.6 is 0 Å². The van der Waals surface area contributed by atoms with Gasteiger partial charge in [0.15, 0.2) is 24.6 Å². The number of rotatable bonds is 47. The number of carboxylic acid groups (broad SMARTS) is 1. The van der Waals surface area contributed by atoms with Gasteiger partial charge in [-0.15, -0.1) is 0 Å². The average molecular weight is 1150 g/mol. The molecule has 83 heavy (non-hydrogen) atoms. The van der Waals surface area contributed by atoms with Gasteiger partial charge in [-0.1, -0.05) is 227 Å². The van der Waals surface area contributed by atoms with Crippen LogP contribution in [0.1, 0.15) is 162 Å². The van der Waals surface area contributed by atoms with Crippen LogP contribution in [0.15, 0.2) is 207 Å². The zero-order chi connectivity index (χ0) is 60.3. The number of aliphatic hydroxyl groups excluding tert-OH is 2. The van der Waals surface area contributed by atoms with Crippen LogP contribution in [0.25, 0.3) is 0 Å². The van der Waals surface area contributed by atoms with Crippen LogP contribution in [-0.4, -0.2) is 89.2 Å². The fourth-order valence-corrected chi connectivity index (χ4v) is 7.43. The number of carbonyl (C=O) groups is 4. The maximum absolute atomic E-state index is 13.1. The summed E-state index contributed by atoms with van der Waals surface area (Å²) in [5, 5.41) is 31.5. The molecule has 6 atom stereocenters. The van der Waals surface area contributed by atoms with Crippen molar-refractivity contribution in [3.8, 4) is 0 Å². The quantitative estimate of drug-likeness (QED) is 0.0299. The summed E-state index contributed by atoms with van der Waals surface area (Å²) in [6, 6.07) is 0. The topological polar surface area (TPSA) is 175 Å². The third-order valence-corrected chi connectivity index (χ3v) is 11.9. The second-order valence-corrected chi connectivity index (χ2v) is 19.1. The molecule has 12 heteroatoms.